The number of unbranched alkanes of at least 4 members (excludes halogenated alkanes) is 2. The fourth-order valence-electron chi connectivity index (χ4n) is 5.66. The van der Waals surface area contributed by atoms with Crippen molar-refractivity contribution in [3.63, 3.8) is 0 Å². The molecule has 0 spiro atoms. The van der Waals surface area contributed by atoms with Crippen molar-refractivity contribution in [3.8, 4) is 0 Å². The van der Waals surface area contributed by atoms with E-state index in [9.17, 15) is 25.2 Å². The van der Waals surface area contributed by atoms with Gasteiger partial charge in [-0.3, -0.25) is 4.79 Å². The number of aliphatic hydroxyl groups is 4. The highest BCUT2D eigenvalue weighted by Crippen LogP contribution is 2.22. The number of hydrogen-bond donors (Lipinski definition) is 4. The highest BCUT2D eigenvalue weighted by Gasteiger charge is 2.44. The van der Waals surface area contributed by atoms with E-state index in [2.05, 4.69) is 148 Å². The summed E-state index contributed by atoms with van der Waals surface area (Å²) < 4.78 is 22.7. The molecule has 1 saturated heterocycles. The van der Waals surface area contributed by atoms with Crippen molar-refractivity contribution in [1.82, 2.24) is 0 Å². The average Bonchev–Trinajstić information content (AvgIpc) is 3.25. The van der Waals surface area contributed by atoms with Crippen LogP contribution in [0.5, 0.6) is 0 Å². The predicted molar refractivity (Wildman–Crippen MR) is 246 cm³/mol. The summed E-state index contributed by atoms with van der Waals surface area (Å²) in [6, 6.07) is 0. The number of aliphatic hydroxyl groups excluding tert-OH is 4. The molecule has 336 valence electrons. The van der Waals surface area contributed by atoms with Crippen molar-refractivity contribution < 1.29 is 44.2 Å². The summed E-state index contributed by atoms with van der Waals surface area (Å²) in [7, 11) is 0. The van der Waals surface area contributed by atoms with Crippen molar-refractivity contribution in [3.05, 3.63) is 134 Å². The third-order valence-corrected chi connectivity index (χ3v) is 9.06. The van der Waals surface area contributed by atoms with Crippen molar-refractivity contribution in [1.29, 1.82) is 0 Å². The largest absolute Gasteiger partial charge is 0.457 e. The molecular weight excluding hydrogens is 757 g/mol. The molecule has 1 fully saturated rings. The van der Waals surface area contributed by atoms with Crippen LogP contribution in [0.3, 0.4) is 0 Å². The first-order valence-corrected chi connectivity index (χ1v) is 22.3. The van der Waals surface area contributed by atoms with Gasteiger partial charge in [0.15, 0.2) is 6.29 Å². The monoisotopic (exact) mass is 835 g/mol. The third-order valence-electron chi connectivity index (χ3n) is 9.06. The molecule has 1 aliphatic rings. The summed E-state index contributed by atoms with van der Waals surface area (Å²) >= 11 is 0. The molecule has 9 nitrogen and oxygen atoms in total. The summed E-state index contributed by atoms with van der Waals surface area (Å²) in [4.78, 5) is 12.8. The first-order valence-electron chi connectivity index (χ1n) is 22.3. The van der Waals surface area contributed by atoms with Gasteiger partial charge in [0.1, 0.15) is 30.5 Å². The Hall–Kier alpha value is -3.67. The molecule has 60 heavy (non-hydrogen) atoms. The van der Waals surface area contributed by atoms with Crippen molar-refractivity contribution in [2.24, 2.45) is 0 Å². The Morgan fingerprint density at radius 3 is 1.35 bits per heavy atom. The number of allylic oxidation sites excluding steroid dienone is 22. The molecule has 0 saturated carbocycles. The third kappa shape index (κ3) is 31.2. The smallest absolute Gasteiger partial charge is 0.306 e. The van der Waals surface area contributed by atoms with Crippen LogP contribution in [0.15, 0.2) is 134 Å². The summed E-state index contributed by atoms with van der Waals surface area (Å²) in [6.45, 7) is 4.06. The lowest BCUT2D eigenvalue weighted by Crippen LogP contribution is -2.59. The second kappa shape index (κ2) is 40.7. The average molecular weight is 835 g/mol. The minimum absolute atomic E-state index is 0.0711. The summed E-state index contributed by atoms with van der Waals surface area (Å²) in [5, 5.41) is 40.1. The number of esters is 1. The molecule has 4 N–H and O–H groups in total. The number of carbonyl (C=O) groups excluding carboxylic acids is 1. The lowest BCUT2D eigenvalue weighted by Gasteiger charge is -2.39. The van der Waals surface area contributed by atoms with Gasteiger partial charge in [-0.15, -0.1) is 0 Å². The molecule has 6 atom stereocenters. The van der Waals surface area contributed by atoms with E-state index in [4.69, 9.17) is 18.9 Å². The Morgan fingerprint density at radius 2 is 0.933 bits per heavy atom. The van der Waals surface area contributed by atoms with Crippen LogP contribution in [-0.2, 0) is 23.7 Å². The first-order chi connectivity index (χ1) is 29.4. The second-order valence-electron chi connectivity index (χ2n) is 14.4. The van der Waals surface area contributed by atoms with E-state index in [0.717, 1.165) is 89.9 Å². The van der Waals surface area contributed by atoms with Crippen LogP contribution in [0.4, 0.5) is 0 Å². The van der Waals surface area contributed by atoms with E-state index >= 15 is 0 Å². The highest BCUT2D eigenvalue weighted by molar-refractivity contribution is 5.69. The topological polar surface area (TPSA) is 135 Å². The minimum atomic E-state index is -1.57. The van der Waals surface area contributed by atoms with E-state index in [-0.39, 0.29) is 19.6 Å². The van der Waals surface area contributed by atoms with Gasteiger partial charge in [-0.2, -0.15) is 0 Å². The van der Waals surface area contributed by atoms with Gasteiger partial charge in [-0.1, -0.05) is 148 Å². The van der Waals surface area contributed by atoms with Gasteiger partial charge >= 0.3 is 5.97 Å². The Kier molecular flexibility index (Phi) is 36.9. The number of rotatable bonds is 35. The fraction of sp³-hybridized carbons (Fsp3) is 0.549. The van der Waals surface area contributed by atoms with Crippen LogP contribution in [-0.4, -0.2) is 89.6 Å². The fourth-order valence-corrected chi connectivity index (χ4v) is 5.66. The van der Waals surface area contributed by atoms with Gasteiger partial charge in [0.25, 0.3) is 0 Å². The zero-order chi connectivity index (χ0) is 43.6. The van der Waals surface area contributed by atoms with E-state index in [0.29, 0.717) is 13.0 Å². The first kappa shape index (κ1) is 54.3. The molecule has 0 aromatic carbocycles. The molecule has 1 heterocycles. The quantitative estimate of drug-likeness (QED) is 0.0280. The lowest BCUT2D eigenvalue weighted by atomic mass is 9.99. The second-order valence-corrected chi connectivity index (χ2v) is 14.4. The Labute approximate surface area is 362 Å². The van der Waals surface area contributed by atoms with Crippen molar-refractivity contribution >= 4 is 5.97 Å². The highest BCUT2D eigenvalue weighted by atomic mass is 16.7. The number of carbonyl (C=O) groups is 1. The van der Waals surface area contributed by atoms with Gasteiger partial charge in [0.05, 0.1) is 19.8 Å². The predicted octanol–water partition coefficient (Wildman–Crippen LogP) is 10.1. The Bertz CT molecular complexity index is 1360. The maximum absolute atomic E-state index is 12.8. The van der Waals surface area contributed by atoms with Gasteiger partial charge in [0, 0.05) is 13.0 Å². The van der Waals surface area contributed by atoms with E-state index in [1.807, 2.05) is 0 Å². The molecule has 0 amide bonds. The van der Waals surface area contributed by atoms with Crippen LogP contribution in [0.2, 0.25) is 0 Å². The van der Waals surface area contributed by atoms with Gasteiger partial charge in [0.2, 0.25) is 0 Å². The van der Waals surface area contributed by atoms with Crippen LogP contribution < -0.4 is 0 Å². The van der Waals surface area contributed by atoms with E-state index < -0.39 is 49.4 Å². The zero-order valence-electron chi connectivity index (χ0n) is 36.6. The molecule has 6 unspecified atom stereocenters. The number of ether oxygens (including phenoxy) is 4. The summed E-state index contributed by atoms with van der Waals surface area (Å²) in [6.07, 6.45) is 53.5. The lowest BCUT2D eigenvalue weighted by molar-refractivity contribution is -0.305. The van der Waals surface area contributed by atoms with Crippen LogP contribution >= 0.6 is 0 Å². The molecule has 1 rings (SSSR count). The van der Waals surface area contributed by atoms with E-state index in [1.54, 1.807) is 0 Å². The van der Waals surface area contributed by atoms with Gasteiger partial charge < -0.3 is 39.4 Å². The molecule has 9 heteroatoms. The van der Waals surface area contributed by atoms with Crippen LogP contribution in [0, 0.1) is 0 Å². The van der Waals surface area contributed by atoms with Gasteiger partial charge in [-0.25, -0.2) is 0 Å². The molecule has 0 aromatic heterocycles. The van der Waals surface area contributed by atoms with Crippen LogP contribution in [0.25, 0.3) is 0 Å². The Morgan fingerprint density at radius 1 is 0.533 bits per heavy atom. The molecule has 0 radical (unpaired) electrons. The zero-order valence-corrected chi connectivity index (χ0v) is 36.6. The maximum Gasteiger partial charge on any atom is 0.306 e. The van der Waals surface area contributed by atoms with E-state index in [1.165, 1.54) is 0 Å². The number of hydrogen-bond acceptors (Lipinski definition) is 9. The normalized spacial score (nSPS) is 21.3. The standard InChI is InChI=1S/C51H78O9/c1-3-5-7-9-11-13-15-17-19-21-22-23-25-27-29-31-33-35-37-39-41-57-43-45(44-58-51-50(56)49(55)48(54)46(42-52)60-51)59-47(53)40-38-36-34-32-30-28-26-24-20-18-16-14-12-10-8-6-4-2/h5-8,11-14,17-20,22-23,26-29,32-35,45-46,48-52,54-56H,3-4,9-10,15-16,21,24-25,30-31,36-44H2,1-2H3/b7-5-,8-6-,13-11-,14-12-,19-17-,20-18-,23-22-,28-26-,29-27-,34-32-,35-33-. The molecule has 0 bridgehead atoms. The maximum atomic E-state index is 12.8. The molecule has 0 aliphatic carbocycles. The van der Waals surface area contributed by atoms with Crippen molar-refractivity contribution in [2.75, 3.05) is 26.4 Å². The van der Waals surface area contributed by atoms with Crippen LogP contribution in [0.1, 0.15) is 117 Å². The summed E-state index contributed by atoms with van der Waals surface area (Å²) in [5.74, 6) is -0.397. The molecule has 1 aliphatic heterocycles. The van der Waals surface area contributed by atoms with Gasteiger partial charge in [-0.05, 0) is 96.3 Å². The molecular formula is C51H78O9. The summed E-state index contributed by atoms with van der Waals surface area (Å²) in [5.41, 5.74) is 0. The SMILES string of the molecule is CC/C=C\C/C=C\C/C=C\C/C=C\C/C=C\C/C=C\CCCOCC(COC1OC(CO)C(O)C(O)C1O)OC(=O)CCC/C=C\C/C=C\C/C=C\C/C=C\C/C=C\CC. The van der Waals surface area contributed by atoms with Crippen molar-refractivity contribution in [2.45, 2.75) is 153 Å². The molecule has 0 aromatic rings. The Balaban J connectivity index is 2.39. The minimum Gasteiger partial charge on any atom is -0.457 e.